The maximum absolute atomic E-state index is 14.0. The topological polar surface area (TPSA) is 49.9 Å². The summed E-state index contributed by atoms with van der Waals surface area (Å²) in [4.78, 5) is 26.8. The van der Waals surface area contributed by atoms with Gasteiger partial charge in [-0.3, -0.25) is 9.69 Å². The van der Waals surface area contributed by atoms with Crippen molar-refractivity contribution in [1.29, 1.82) is 0 Å². The molecule has 1 aliphatic rings. The number of anilines is 1. The first-order chi connectivity index (χ1) is 10.4. The minimum atomic E-state index is -0.494. The van der Waals surface area contributed by atoms with Crippen LogP contribution in [0.5, 0.6) is 0 Å². The lowest BCUT2D eigenvalue weighted by molar-refractivity contribution is -0.121. The molecule has 1 aromatic carbocycles. The van der Waals surface area contributed by atoms with Crippen LogP contribution in [-0.4, -0.2) is 43.1 Å². The Kier molecular flexibility index (Phi) is 5.00. The fourth-order valence-electron chi connectivity index (χ4n) is 2.24. The van der Waals surface area contributed by atoms with Gasteiger partial charge in [0.2, 0.25) is 5.91 Å². The van der Waals surface area contributed by atoms with Crippen molar-refractivity contribution in [3.63, 3.8) is 0 Å². The number of nitrogens with zero attached hydrogens (tertiary/aromatic N) is 2. The zero-order chi connectivity index (χ0) is 16.3. The summed E-state index contributed by atoms with van der Waals surface area (Å²) in [5.74, 6) is -0.498. The Balaban J connectivity index is 2.01. The summed E-state index contributed by atoms with van der Waals surface area (Å²) in [6, 6.07) is 4.75. The Hall–Kier alpha value is -2.11. The van der Waals surface area contributed by atoms with Crippen LogP contribution >= 0.6 is 0 Å². The van der Waals surface area contributed by atoms with E-state index in [1.54, 1.807) is 19.1 Å². The Morgan fingerprint density at radius 2 is 2.09 bits per heavy atom. The van der Waals surface area contributed by atoms with Crippen molar-refractivity contribution in [2.75, 3.05) is 31.1 Å². The van der Waals surface area contributed by atoms with Crippen LogP contribution < -0.4 is 4.90 Å². The summed E-state index contributed by atoms with van der Waals surface area (Å²) in [6.45, 7) is 6.49. The van der Waals surface area contributed by atoms with E-state index in [4.69, 9.17) is 4.74 Å². The van der Waals surface area contributed by atoms with Crippen LogP contribution in [-0.2, 0) is 9.53 Å². The SMILES string of the molecule is Cc1ccc(N2CCN(C(=O)OCC(C)C)CC2=O)c(F)c1. The standard InChI is InChI=1S/C16H21FN2O3/c1-11(2)10-22-16(21)18-6-7-19(15(20)9-18)14-5-4-12(3)8-13(14)17/h4-5,8,11H,6-7,9-10H2,1-3H3. The molecule has 1 fully saturated rings. The largest absolute Gasteiger partial charge is 0.449 e. The van der Waals surface area contributed by atoms with Gasteiger partial charge in [0.25, 0.3) is 0 Å². The number of benzene rings is 1. The zero-order valence-electron chi connectivity index (χ0n) is 13.1. The first-order valence-corrected chi connectivity index (χ1v) is 7.36. The number of piperazine rings is 1. The summed E-state index contributed by atoms with van der Waals surface area (Å²) in [6.07, 6.45) is -0.494. The molecule has 0 spiro atoms. The zero-order valence-corrected chi connectivity index (χ0v) is 13.1. The molecule has 120 valence electrons. The molecule has 0 atom stereocenters. The highest BCUT2D eigenvalue weighted by molar-refractivity contribution is 5.97. The van der Waals surface area contributed by atoms with E-state index in [-0.39, 0.29) is 30.6 Å². The molecule has 1 aliphatic heterocycles. The number of amides is 2. The highest BCUT2D eigenvalue weighted by Gasteiger charge is 2.30. The van der Waals surface area contributed by atoms with Crippen molar-refractivity contribution in [2.45, 2.75) is 20.8 Å². The molecule has 0 unspecified atom stereocenters. The van der Waals surface area contributed by atoms with Crippen molar-refractivity contribution in [3.05, 3.63) is 29.6 Å². The highest BCUT2D eigenvalue weighted by atomic mass is 19.1. The molecule has 0 N–H and O–H groups in total. The van der Waals surface area contributed by atoms with Crippen LogP contribution in [0.2, 0.25) is 0 Å². The maximum atomic E-state index is 14.0. The van der Waals surface area contributed by atoms with Gasteiger partial charge in [-0.2, -0.15) is 0 Å². The number of carbonyl (C=O) groups excluding carboxylic acids is 2. The third-order valence-electron chi connectivity index (χ3n) is 3.41. The maximum Gasteiger partial charge on any atom is 0.410 e. The van der Waals surface area contributed by atoms with Crippen molar-refractivity contribution in [1.82, 2.24) is 4.90 Å². The number of carbonyl (C=O) groups is 2. The first-order valence-electron chi connectivity index (χ1n) is 7.36. The average molecular weight is 308 g/mol. The molecule has 0 aliphatic carbocycles. The van der Waals surface area contributed by atoms with E-state index in [0.717, 1.165) is 5.56 Å². The number of halogens is 1. The molecule has 1 saturated heterocycles. The van der Waals surface area contributed by atoms with Gasteiger partial charge < -0.3 is 9.64 Å². The molecule has 0 bridgehead atoms. The smallest absolute Gasteiger partial charge is 0.410 e. The van der Waals surface area contributed by atoms with Gasteiger partial charge in [-0.05, 0) is 30.5 Å². The van der Waals surface area contributed by atoms with Gasteiger partial charge in [0.05, 0.1) is 12.3 Å². The predicted octanol–water partition coefficient (Wildman–Crippen LogP) is 2.58. The summed E-state index contributed by atoms with van der Waals surface area (Å²) >= 11 is 0. The van der Waals surface area contributed by atoms with Gasteiger partial charge >= 0.3 is 6.09 Å². The molecule has 1 heterocycles. The number of aryl methyl sites for hydroxylation is 1. The van der Waals surface area contributed by atoms with Gasteiger partial charge in [0.15, 0.2) is 0 Å². The van der Waals surface area contributed by atoms with Crippen LogP contribution in [0.25, 0.3) is 0 Å². The quantitative estimate of drug-likeness (QED) is 0.862. The van der Waals surface area contributed by atoms with E-state index in [0.29, 0.717) is 13.2 Å². The van der Waals surface area contributed by atoms with E-state index in [9.17, 15) is 14.0 Å². The second-order valence-corrected chi connectivity index (χ2v) is 5.89. The van der Waals surface area contributed by atoms with E-state index in [1.807, 2.05) is 13.8 Å². The molecule has 2 rings (SSSR count). The van der Waals surface area contributed by atoms with Gasteiger partial charge in [0.1, 0.15) is 12.4 Å². The van der Waals surface area contributed by atoms with Gasteiger partial charge in [-0.1, -0.05) is 19.9 Å². The third kappa shape index (κ3) is 3.75. The van der Waals surface area contributed by atoms with Crippen molar-refractivity contribution in [3.8, 4) is 0 Å². The second kappa shape index (κ2) is 6.77. The highest BCUT2D eigenvalue weighted by Crippen LogP contribution is 2.22. The lowest BCUT2D eigenvalue weighted by Gasteiger charge is -2.34. The number of ether oxygens (including phenoxy) is 1. The number of rotatable bonds is 3. The molecular weight excluding hydrogens is 287 g/mol. The summed E-state index contributed by atoms with van der Waals surface area (Å²) in [5, 5.41) is 0. The molecule has 1 aromatic rings. The molecule has 0 aromatic heterocycles. The fourth-order valence-corrected chi connectivity index (χ4v) is 2.24. The van der Waals surface area contributed by atoms with Crippen molar-refractivity contribution >= 4 is 17.7 Å². The number of hydrogen-bond acceptors (Lipinski definition) is 3. The Labute approximate surface area is 129 Å². The van der Waals surface area contributed by atoms with Crippen LogP contribution in [0.3, 0.4) is 0 Å². The Morgan fingerprint density at radius 3 is 2.68 bits per heavy atom. The summed E-state index contributed by atoms with van der Waals surface area (Å²) in [5.41, 5.74) is 1.05. The average Bonchev–Trinajstić information content (AvgIpc) is 2.45. The molecule has 5 nitrogen and oxygen atoms in total. The third-order valence-corrected chi connectivity index (χ3v) is 3.41. The Bertz CT molecular complexity index is 575. The van der Waals surface area contributed by atoms with Gasteiger partial charge in [-0.15, -0.1) is 0 Å². The molecule has 0 saturated carbocycles. The van der Waals surface area contributed by atoms with E-state index < -0.39 is 11.9 Å². The fraction of sp³-hybridized carbons (Fsp3) is 0.500. The van der Waals surface area contributed by atoms with E-state index >= 15 is 0 Å². The molecule has 2 amide bonds. The Morgan fingerprint density at radius 1 is 1.36 bits per heavy atom. The van der Waals surface area contributed by atoms with Crippen LogP contribution in [0, 0.1) is 18.7 Å². The summed E-state index contributed by atoms with van der Waals surface area (Å²) in [7, 11) is 0. The lowest BCUT2D eigenvalue weighted by Crippen LogP contribution is -2.52. The molecule has 22 heavy (non-hydrogen) atoms. The van der Waals surface area contributed by atoms with Crippen LogP contribution in [0.4, 0.5) is 14.9 Å². The van der Waals surface area contributed by atoms with Crippen molar-refractivity contribution in [2.24, 2.45) is 5.92 Å². The summed E-state index contributed by atoms with van der Waals surface area (Å²) < 4.78 is 19.1. The van der Waals surface area contributed by atoms with Gasteiger partial charge in [0, 0.05) is 13.1 Å². The van der Waals surface area contributed by atoms with Crippen LogP contribution in [0.15, 0.2) is 18.2 Å². The first kappa shape index (κ1) is 16.3. The number of hydrogen-bond donors (Lipinski definition) is 0. The monoisotopic (exact) mass is 308 g/mol. The second-order valence-electron chi connectivity index (χ2n) is 5.89. The minimum absolute atomic E-state index is 0.0930. The van der Waals surface area contributed by atoms with E-state index in [1.165, 1.54) is 15.9 Å². The predicted molar refractivity (Wildman–Crippen MR) is 81.2 cm³/mol. The molecule has 6 heteroatoms. The van der Waals surface area contributed by atoms with E-state index in [2.05, 4.69) is 0 Å². The van der Waals surface area contributed by atoms with Gasteiger partial charge in [-0.25, -0.2) is 9.18 Å². The normalized spacial score (nSPS) is 15.4. The lowest BCUT2D eigenvalue weighted by atomic mass is 10.2. The van der Waals surface area contributed by atoms with Crippen molar-refractivity contribution < 1.29 is 18.7 Å². The van der Waals surface area contributed by atoms with Crippen LogP contribution in [0.1, 0.15) is 19.4 Å². The molecule has 0 radical (unpaired) electrons. The minimum Gasteiger partial charge on any atom is -0.449 e. The molecular formula is C16H21FN2O3.